The smallest absolute Gasteiger partial charge is 0.0669 e. The van der Waals surface area contributed by atoms with E-state index in [1.165, 1.54) is 5.56 Å². The van der Waals surface area contributed by atoms with Gasteiger partial charge in [-0.3, -0.25) is 0 Å². The minimum Gasteiger partial charge on any atom is -0.198 e. The van der Waals surface area contributed by atoms with E-state index < -0.39 is 0 Å². The highest BCUT2D eigenvalue weighted by Gasteiger charge is 2.04. The van der Waals surface area contributed by atoms with Gasteiger partial charge in [0.1, 0.15) is 0 Å². The van der Waals surface area contributed by atoms with Gasteiger partial charge in [0.15, 0.2) is 0 Å². The summed E-state index contributed by atoms with van der Waals surface area (Å²) < 4.78 is 1.11. The van der Waals surface area contributed by atoms with Crippen molar-refractivity contribution in [3.8, 4) is 6.07 Å². The second-order valence-corrected chi connectivity index (χ2v) is 4.20. The van der Waals surface area contributed by atoms with Gasteiger partial charge in [-0.25, -0.2) is 0 Å². The van der Waals surface area contributed by atoms with Crippen LogP contribution in [0.3, 0.4) is 0 Å². The first-order chi connectivity index (χ1) is 6.15. The summed E-state index contributed by atoms with van der Waals surface area (Å²) in [6.45, 7) is 4.31. The Morgan fingerprint density at radius 2 is 2.15 bits per heavy atom. The molecule has 0 fully saturated rings. The van der Waals surface area contributed by atoms with Gasteiger partial charge in [-0.15, -0.1) is 0 Å². The summed E-state index contributed by atoms with van der Waals surface area (Å²) in [6.07, 6.45) is 0.483. The van der Waals surface area contributed by atoms with Crippen molar-refractivity contribution >= 4 is 15.9 Å². The molecule has 1 aromatic rings. The van der Waals surface area contributed by atoms with E-state index in [1.807, 2.05) is 12.1 Å². The molecule has 0 aliphatic rings. The number of benzene rings is 1. The average Bonchev–Trinajstić information content (AvgIpc) is 2.04. The summed E-state index contributed by atoms with van der Waals surface area (Å²) in [6, 6.07) is 8.27. The first-order valence-corrected chi connectivity index (χ1v) is 5.09. The predicted octanol–water partition coefficient (Wildman–Crippen LogP) is 3.64. The van der Waals surface area contributed by atoms with E-state index in [2.05, 4.69) is 41.9 Å². The van der Waals surface area contributed by atoms with E-state index in [0.717, 1.165) is 10.0 Å². The third kappa shape index (κ3) is 2.57. The van der Waals surface area contributed by atoms with Gasteiger partial charge in [-0.05, 0) is 23.1 Å². The molecule has 0 N–H and O–H groups in total. The molecule has 0 aromatic heterocycles. The van der Waals surface area contributed by atoms with Gasteiger partial charge >= 0.3 is 0 Å². The van der Waals surface area contributed by atoms with Gasteiger partial charge in [-0.1, -0.05) is 41.9 Å². The summed E-state index contributed by atoms with van der Waals surface area (Å²) >= 11 is 3.51. The molecule has 2 heteroatoms. The van der Waals surface area contributed by atoms with E-state index >= 15 is 0 Å². The number of rotatable bonds is 2. The zero-order chi connectivity index (χ0) is 9.84. The van der Waals surface area contributed by atoms with Crippen LogP contribution in [0.4, 0.5) is 0 Å². The molecule has 0 radical (unpaired) electrons. The molecule has 0 amide bonds. The summed E-state index contributed by atoms with van der Waals surface area (Å²) in [5.41, 5.74) is 2.36. The molecular weight excluding hydrogens is 226 g/mol. The summed E-state index contributed by atoms with van der Waals surface area (Å²) in [5, 5.41) is 8.52. The first-order valence-electron chi connectivity index (χ1n) is 4.30. The highest BCUT2D eigenvalue weighted by Crippen LogP contribution is 2.25. The summed E-state index contributed by atoms with van der Waals surface area (Å²) in [5.74, 6) is 0.519. The molecule has 0 saturated carbocycles. The van der Waals surface area contributed by atoms with Crippen molar-refractivity contribution in [3.63, 3.8) is 0 Å². The van der Waals surface area contributed by atoms with Crippen molar-refractivity contribution in [2.45, 2.75) is 26.2 Å². The van der Waals surface area contributed by atoms with E-state index in [0.29, 0.717) is 12.3 Å². The van der Waals surface area contributed by atoms with Crippen LogP contribution in [0, 0.1) is 11.3 Å². The molecule has 0 aliphatic carbocycles. The maximum absolute atomic E-state index is 8.52. The number of hydrogen-bond acceptors (Lipinski definition) is 1. The van der Waals surface area contributed by atoms with Crippen molar-refractivity contribution in [1.82, 2.24) is 0 Å². The van der Waals surface area contributed by atoms with Crippen molar-refractivity contribution in [3.05, 3.63) is 33.8 Å². The Hall–Kier alpha value is -0.810. The number of hydrogen-bond donors (Lipinski definition) is 0. The molecule has 0 bridgehead atoms. The maximum atomic E-state index is 8.52. The highest BCUT2D eigenvalue weighted by atomic mass is 79.9. The van der Waals surface area contributed by atoms with Gasteiger partial charge in [0, 0.05) is 4.47 Å². The Bertz CT molecular complexity index is 336. The second kappa shape index (κ2) is 4.43. The lowest BCUT2D eigenvalue weighted by Crippen LogP contribution is -1.90. The van der Waals surface area contributed by atoms with Crippen molar-refractivity contribution in [1.29, 1.82) is 5.26 Å². The minimum atomic E-state index is 0.483. The van der Waals surface area contributed by atoms with Crippen molar-refractivity contribution in [2.24, 2.45) is 0 Å². The third-order valence-corrected chi connectivity index (χ3v) is 2.66. The van der Waals surface area contributed by atoms with Crippen molar-refractivity contribution < 1.29 is 0 Å². The third-order valence-electron chi connectivity index (χ3n) is 1.97. The molecular formula is C11H12BrN. The van der Waals surface area contributed by atoms with E-state index in [1.54, 1.807) is 0 Å². The van der Waals surface area contributed by atoms with Crippen LogP contribution in [-0.2, 0) is 6.42 Å². The lowest BCUT2D eigenvalue weighted by atomic mass is 10.0. The predicted molar refractivity (Wildman–Crippen MR) is 57.5 cm³/mol. The topological polar surface area (TPSA) is 23.8 Å². The molecule has 68 valence electrons. The fraction of sp³-hybridized carbons (Fsp3) is 0.364. The van der Waals surface area contributed by atoms with Crippen LogP contribution in [0.2, 0.25) is 0 Å². The molecule has 1 rings (SSSR count). The molecule has 0 atom stereocenters. The Morgan fingerprint density at radius 3 is 2.62 bits per heavy atom. The molecule has 0 saturated heterocycles. The van der Waals surface area contributed by atoms with Gasteiger partial charge < -0.3 is 0 Å². The average molecular weight is 238 g/mol. The molecule has 13 heavy (non-hydrogen) atoms. The number of nitriles is 1. The lowest BCUT2D eigenvalue weighted by Gasteiger charge is -2.08. The highest BCUT2D eigenvalue weighted by molar-refractivity contribution is 9.10. The van der Waals surface area contributed by atoms with Gasteiger partial charge in [-0.2, -0.15) is 5.26 Å². The van der Waals surface area contributed by atoms with Crippen molar-refractivity contribution in [2.75, 3.05) is 0 Å². The Morgan fingerprint density at radius 1 is 1.46 bits per heavy atom. The SMILES string of the molecule is CC(C)c1ccc(CC#N)cc1Br. The zero-order valence-corrected chi connectivity index (χ0v) is 9.43. The molecule has 1 aromatic carbocycles. The van der Waals surface area contributed by atoms with Gasteiger partial charge in [0.05, 0.1) is 12.5 Å². The van der Waals surface area contributed by atoms with Crippen LogP contribution in [0.5, 0.6) is 0 Å². The molecule has 0 spiro atoms. The maximum Gasteiger partial charge on any atom is 0.0669 e. The van der Waals surface area contributed by atoms with E-state index in [-0.39, 0.29) is 0 Å². The van der Waals surface area contributed by atoms with E-state index in [4.69, 9.17) is 5.26 Å². The largest absolute Gasteiger partial charge is 0.198 e. The van der Waals surface area contributed by atoms with Crippen LogP contribution < -0.4 is 0 Å². The molecule has 0 aliphatic heterocycles. The molecule has 1 nitrogen and oxygen atoms in total. The summed E-state index contributed by atoms with van der Waals surface area (Å²) in [7, 11) is 0. The fourth-order valence-electron chi connectivity index (χ4n) is 1.24. The second-order valence-electron chi connectivity index (χ2n) is 3.35. The van der Waals surface area contributed by atoms with Gasteiger partial charge in [0.2, 0.25) is 0 Å². The first kappa shape index (κ1) is 10.3. The van der Waals surface area contributed by atoms with Crippen LogP contribution in [0.25, 0.3) is 0 Å². The monoisotopic (exact) mass is 237 g/mol. The standard InChI is InChI=1S/C11H12BrN/c1-8(2)10-4-3-9(5-6-13)7-11(10)12/h3-4,7-8H,5H2,1-2H3. The van der Waals surface area contributed by atoms with E-state index in [9.17, 15) is 0 Å². The normalized spacial score (nSPS) is 10.1. The number of nitrogens with zero attached hydrogens (tertiary/aromatic N) is 1. The van der Waals surface area contributed by atoms with Gasteiger partial charge in [0.25, 0.3) is 0 Å². The fourth-order valence-corrected chi connectivity index (χ4v) is 2.12. The molecule has 0 unspecified atom stereocenters. The van der Waals surface area contributed by atoms with Crippen LogP contribution in [0.1, 0.15) is 30.9 Å². The summed E-state index contributed by atoms with van der Waals surface area (Å²) in [4.78, 5) is 0. The molecule has 0 heterocycles. The zero-order valence-electron chi connectivity index (χ0n) is 7.84. The Labute approximate surface area is 87.5 Å². The lowest BCUT2D eigenvalue weighted by molar-refractivity contribution is 0.859. The van der Waals surface area contributed by atoms with Crippen LogP contribution >= 0.6 is 15.9 Å². The Kier molecular flexibility index (Phi) is 3.50. The van der Waals surface area contributed by atoms with Crippen LogP contribution in [0.15, 0.2) is 22.7 Å². The van der Waals surface area contributed by atoms with Crippen LogP contribution in [-0.4, -0.2) is 0 Å². The minimum absolute atomic E-state index is 0.483. The Balaban J connectivity index is 3.00. The number of halogens is 1. The quantitative estimate of drug-likeness (QED) is 0.771.